The molecule has 0 atom stereocenters. The monoisotopic (exact) mass is 406 g/mol. The molecule has 0 aliphatic rings. The summed E-state index contributed by atoms with van der Waals surface area (Å²) in [6.07, 6.45) is 4.01. The Morgan fingerprint density at radius 2 is 1.26 bits per heavy atom. The van der Waals surface area contributed by atoms with Gasteiger partial charge in [0.1, 0.15) is 0 Å². The van der Waals surface area contributed by atoms with E-state index in [2.05, 4.69) is 0 Å². The fraction of sp³-hybridized carbons (Fsp3) is 0.0357. The molecular weight excluding hydrogens is 384 g/mol. The number of carbonyl (C=O) groups excluding carboxylic acids is 1. The Morgan fingerprint density at radius 3 is 1.94 bits per heavy atom. The molecule has 4 aromatic carbocycles. The molecule has 4 aromatic rings. The van der Waals surface area contributed by atoms with Gasteiger partial charge in [-0.25, -0.2) is 4.79 Å². The van der Waals surface area contributed by atoms with E-state index in [4.69, 9.17) is 9.47 Å². The second kappa shape index (κ2) is 9.59. The van der Waals surface area contributed by atoms with Crippen LogP contribution in [0, 0.1) is 0 Å². The van der Waals surface area contributed by atoms with Crippen molar-refractivity contribution in [1.29, 1.82) is 0 Å². The van der Waals surface area contributed by atoms with Crippen LogP contribution in [0.3, 0.4) is 0 Å². The molecule has 0 saturated carbocycles. The molecule has 0 unspecified atom stereocenters. The van der Waals surface area contributed by atoms with Crippen LogP contribution in [0.1, 0.15) is 21.5 Å². The van der Waals surface area contributed by atoms with Crippen LogP contribution in [-0.4, -0.2) is 13.1 Å². The lowest BCUT2D eigenvalue weighted by atomic mass is 10.0. The average Bonchev–Trinajstić information content (AvgIpc) is 2.84. The van der Waals surface area contributed by atoms with Crippen molar-refractivity contribution >= 4 is 18.1 Å². The number of rotatable bonds is 6. The van der Waals surface area contributed by atoms with Gasteiger partial charge in [0, 0.05) is 0 Å². The first kappa shape index (κ1) is 20.2. The van der Waals surface area contributed by atoms with Crippen molar-refractivity contribution in [3.63, 3.8) is 0 Å². The largest absolute Gasteiger partial charge is 0.493 e. The molecule has 3 nitrogen and oxygen atoms in total. The molecule has 0 heterocycles. The zero-order valence-corrected chi connectivity index (χ0v) is 17.2. The highest BCUT2D eigenvalue weighted by Crippen LogP contribution is 2.30. The maximum atomic E-state index is 12.6. The molecule has 0 aromatic heterocycles. The molecule has 0 radical (unpaired) electrons. The summed E-state index contributed by atoms with van der Waals surface area (Å²) in [5.74, 6) is 0.464. The van der Waals surface area contributed by atoms with Crippen LogP contribution in [0.4, 0.5) is 0 Å². The first-order valence-electron chi connectivity index (χ1n) is 10.0. The predicted molar refractivity (Wildman–Crippen MR) is 125 cm³/mol. The van der Waals surface area contributed by atoms with Crippen molar-refractivity contribution in [1.82, 2.24) is 0 Å². The number of esters is 1. The molecule has 31 heavy (non-hydrogen) atoms. The molecule has 152 valence electrons. The highest BCUT2D eigenvalue weighted by atomic mass is 16.6. The Morgan fingerprint density at radius 1 is 0.645 bits per heavy atom. The number of hydrogen-bond donors (Lipinski definition) is 0. The van der Waals surface area contributed by atoms with Gasteiger partial charge in [0.15, 0.2) is 11.5 Å². The molecule has 0 aliphatic heterocycles. The van der Waals surface area contributed by atoms with E-state index < -0.39 is 5.97 Å². The zero-order valence-electron chi connectivity index (χ0n) is 17.2. The van der Waals surface area contributed by atoms with Gasteiger partial charge in [-0.1, -0.05) is 91.0 Å². The summed E-state index contributed by atoms with van der Waals surface area (Å²) in [5, 5.41) is 0. The molecule has 3 heteroatoms. The highest BCUT2D eigenvalue weighted by Gasteiger charge is 2.13. The Hall–Kier alpha value is -4.11. The van der Waals surface area contributed by atoms with Crippen LogP contribution in [-0.2, 0) is 0 Å². The van der Waals surface area contributed by atoms with Gasteiger partial charge in [0.2, 0.25) is 0 Å². The quantitative estimate of drug-likeness (QED) is 0.202. The summed E-state index contributed by atoms with van der Waals surface area (Å²) >= 11 is 0. The number of benzene rings is 4. The van der Waals surface area contributed by atoms with E-state index in [0.717, 1.165) is 22.3 Å². The number of hydrogen-bond acceptors (Lipinski definition) is 3. The second-order valence-corrected chi connectivity index (χ2v) is 6.99. The summed E-state index contributed by atoms with van der Waals surface area (Å²) in [4.78, 5) is 12.6. The normalized spacial score (nSPS) is 10.7. The molecule has 0 N–H and O–H groups in total. The van der Waals surface area contributed by atoms with Crippen molar-refractivity contribution in [2.45, 2.75) is 0 Å². The molecule has 0 aliphatic carbocycles. The van der Waals surface area contributed by atoms with Crippen molar-refractivity contribution in [3.8, 4) is 22.6 Å². The zero-order chi connectivity index (χ0) is 21.5. The van der Waals surface area contributed by atoms with Crippen molar-refractivity contribution in [2.75, 3.05) is 7.11 Å². The summed E-state index contributed by atoms with van der Waals surface area (Å²) in [6.45, 7) is 0. The molecule has 0 bridgehead atoms. The summed E-state index contributed by atoms with van der Waals surface area (Å²) < 4.78 is 11.0. The van der Waals surface area contributed by atoms with Gasteiger partial charge in [-0.2, -0.15) is 0 Å². The van der Waals surface area contributed by atoms with Gasteiger partial charge in [0.05, 0.1) is 12.7 Å². The molecule has 4 rings (SSSR count). The third kappa shape index (κ3) is 5.09. The first-order chi connectivity index (χ1) is 15.2. The fourth-order valence-corrected chi connectivity index (χ4v) is 3.22. The van der Waals surface area contributed by atoms with E-state index in [1.165, 1.54) is 0 Å². The Balaban J connectivity index is 1.48. The third-order valence-corrected chi connectivity index (χ3v) is 4.89. The number of ether oxygens (including phenoxy) is 2. The van der Waals surface area contributed by atoms with Crippen molar-refractivity contribution in [3.05, 3.63) is 120 Å². The lowest BCUT2D eigenvalue weighted by molar-refractivity contribution is 0.0729. The van der Waals surface area contributed by atoms with Gasteiger partial charge in [-0.3, -0.25) is 0 Å². The van der Waals surface area contributed by atoms with Crippen LogP contribution < -0.4 is 9.47 Å². The van der Waals surface area contributed by atoms with Crippen molar-refractivity contribution < 1.29 is 14.3 Å². The molecule has 0 amide bonds. The molecule has 0 spiro atoms. The summed E-state index contributed by atoms with van der Waals surface area (Å²) in [6, 6.07) is 32.9. The van der Waals surface area contributed by atoms with Gasteiger partial charge in [-0.05, 0) is 46.5 Å². The third-order valence-electron chi connectivity index (χ3n) is 4.89. The van der Waals surface area contributed by atoms with Crippen LogP contribution in [0.15, 0.2) is 103 Å². The van der Waals surface area contributed by atoms with Crippen LogP contribution in [0.25, 0.3) is 23.3 Å². The minimum absolute atomic E-state index is 0.386. The van der Waals surface area contributed by atoms with Crippen LogP contribution in [0.2, 0.25) is 0 Å². The van der Waals surface area contributed by atoms with Gasteiger partial charge in [0.25, 0.3) is 0 Å². The average molecular weight is 406 g/mol. The van der Waals surface area contributed by atoms with Gasteiger partial charge < -0.3 is 9.47 Å². The van der Waals surface area contributed by atoms with E-state index in [1.54, 1.807) is 25.3 Å². The van der Waals surface area contributed by atoms with E-state index in [9.17, 15) is 4.79 Å². The Kier molecular flexibility index (Phi) is 6.24. The fourth-order valence-electron chi connectivity index (χ4n) is 3.22. The summed E-state index contributed by atoms with van der Waals surface area (Å²) in [5.41, 5.74) is 4.69. The first-order valence-corrected chi connectivity index (χ1v) is 10.0. The van der Waals surface area contributed by atoms with Gasteiger partial charge >= 0.3 is 5.97 Å². The lowest BCUT2D eigenvalue weighted by Crippen LogP contribution is -2.09. The predicted octanol–water partition coefficient (Wildman–Crippen LogP) is 6.75. The molecule has 0 fully saturated rings. The van der Waals surface area contributed by atoms with Crippen LogP contribution >= 0.6 is 0 Å². The van der Waals surface area contributed by atoms with Crippen molar-refractivity contribution in [2.24, 2.45) is 0 Å². The smallest absolute Gasteiger partial charge is 0.343 e. The second-order valence-electron chi connectivity index (χ2n) is 6.99. The van der Waals surface area contributed by atoms with Gasteiger partial charge in [-0.15, -0.1) is 0 Å². The maximum absolute atomic E-state index is 12.6. The van der Waals surface area contributed by atoms with Crippen LogP contribution in [0.5, 0.6) is 11.5 Å². The van der Waals surface area contributed by atoms with E-state index in [-0.39, 0.29) is 0 Å². The topological polar surface area (TPSA) is 35.5 Å². The minimum Gasteiger partial charge on any atom is -0.493 e. The molecule has 0 saturated heterocycles. The molecular formula is C28H22O3. The highest BCUT2D eigenvalue weighted by molar-refractivity contribution is 5.92. The Labute approximate surface area is 182 Å². The minimum atomic E-state index is -0.425. The maximum Gasteiger partial charge on any atom is 0.343 e. The van der Waals surface area contributed by atoms with E-state index in [0.29, 0.717) is 17.1 Å². The number of methoxy groups -OCH3 is 1. The SMILES string of the molecule is COc1cc(/C=C/c2ccccc2)ccc1OC(=O)c1ccc(-c2ccccc2)cc1. The number of carbonyl (C=O) groups is 1. The van der Waals surface area contributed by atoms with E-state index in [1.807, 2.05) is 97.1 Å². The van der Waals surface area contributed by atoms with E-state index >= 15 is 0 Å². The summed E-state index contributed by atoms with van der Waals surface area (Å²) in [7, 11) is 1.56. The Bertz CT molecular complexity index is 1180. The lowest BCUT2D eigenvalue weighted by Gasteiger charge is -2.10. The standard InChI is InChI=1S/C28H22O3/c1-30-27-20-22(13-12-21-8-4-2-5-9-21)14-19-26(27)31-28(29)25-17-15-24(16-18-25)23-10-6-3-7-11-23/h2-20H,1H3/b13-12+.